The Labute approximate surface area is 106 Å². The quantitative estimate of drug-likeness (QED) is 0.734. The monoisotopic (exact) mass is 257 g/mol. The highest BCUT2D eigenvalue weighted by Crippen LogP contribution is 2.28. The predicted octanol–water partition coefficient (Wildman–Crippen LogP) is -0.152. The van der Waals surface area contributed by atoms with Crippen molar-refractivity contribution in [1.82, 2.24) is 4.90 Å². The fourth-order valence-corrected chi connectivity index (χ4v) is 2.75. The van der Waals surface area contributed by atoms with Gasteiger partial charge in [-0.15, -0.1) is 0 Å². The first-order chi connectivity index (χ1) is 8.54. The number of likely N-dealkylation sites (tertiary alicyclic amines) is 1. The maximum absolute atomic E-state index is 12.2. The third-order valence-electron chi connectivity index (χ3n) is 3.92. The molecule has 1 amide bonds. The van der Waals surface area contributed by atoms with Crippen LogP contribution in [0, 0.1) is 5.92 Å². The number of aliphatic carboxylic acids is 1. The second-order valence-corrected chi connectivity index (χ2v) is 5.08. The topological polar surface area (TPSA) is 87.1 Å². The lowest BCUT2D eigenvalue weighted by Crippen LogP contribution is -2.45. The van der Waals surface area contributed by atoms with Gasteiger partial charge in [-0.2, -0.15) is 0 Å². The molecule has 0 aromatic carbocycles. The first kappa shape index (κ1) is 13.3. The smallest absolute Gasteiger partial charge is 0.332 e. The zero-order chi connectivity index (χ0) is 13.3. The van der Waals surface area contributed by atoms with Gasteiger partial charge in [-0.25, -0.2) is 4.79 Å². The van der Waals surface area contributed by atoms with Crippen molar-refractivity contribution < 1.29 is 24.5 Å². The Hall–Kier alpha value is -1.14. The summed E-state index contributed by atoms with van der Waals surface area (Å²) < 4.78 is 5.25. The Morgan fingerprint density at radius 3 is 2.50 bits per heavy atom. The van der Waals surface area contributed by atoms with Crippen molar-refractivity contribution in [1.29, 1.82) is 0 Å². The van der Waals surface area contributed by atoms with Gasteiger partial charge in [-0.05, 0) is 25.2 Å². The van der Waals surface area contributed by atoms with Gasteiger partial charge in [0.25, 0.3) is 5.91 Å². The molecule has 0 radical (unpaired) electrons. The van der Waals surface area contributed by atoms with Crippen LogP contribution in [0.2, 0.25) is 0 Å². The molecule has 0 bridgehead atoms. The van der Waals surface area contributed by atoms with Crippen molar-refractivity contribution in [3.05, 3.63) is 0 Å². The first-order valence-electron chi connectivity index (χ1n) is 6.34. The van der Waals surface area contributed by atoms with E-state index in [1.54, 1.807) is 4.90 Å². The van der Waals surface area contributed by atoms with Crippen LogP contribution in [-0.4, -0.2) is 58.4 Å². The van der Waals surface area contributed by atoms with E-state index >= 15 is 0 Å². The number of rotatable bonds is 3. The minimum atomic E-state index is -1.02. The van der Waals surface area contributed by atoms with E-state index in [-0.39, 0.29) is 24.5 Å². The van der Waals surface area contributed by atoms with Gasteiger partial charge < -0.3 is 19.8 Å². The number of hydrogen-bond donors (Lipinski definition) is 2. The Bertz CT molecular complexity index is 345. The molecule has 0 spiro atoms. The molecule has 0 aromatic heterocycles. The largest absolute Gasteiger partial charge is 0.479 e. The van der Waals surface area contributed by atoms with Crippen LogP contribution in [0.25, 0.3) is 0 Å². The number of carbonyl (C=O) groups excluding carboxylic acids is 1. The van der Waals surface area contributed by atoms with Crippen LogP contribution in [0.1, 0.15) is 26.2 Å². The summed E-state index contributed by atoms with van der Waals surface area (Å²) in [5, 5.41) is 18.1. The molecule has 2 aliphatic rings. The maximum atomic E-state index is 12.2. The van der Waals surface area contributed by atoms with Crippen molar-refractivity contribution in [2.75, 3.05) is 13.2 Å². The van der Waals surface area contributed by atoms with Crippen LogP contribution in [0.4, 0.5) is 0 Å². The molecule has 0 aliphatic carbocycles. The number of carboxylic acids is 1. The van der Waals surface area contributed by atoms with Crippen molar-refractivity contribution in [2.45, 2.75) is 44.4 Å². The maximum Gasteiger partial charge on any atom is 0.332 e. The summed E-state index contributed by atoms with van der Waals surface area (Å²) >= 11 is 0. The summed E-state index contributed by atoms with van der Waals surface area (Å²) in [4.78, 5) is 24.6. The van der Waals surface area contributed by atoms with E-state index in [1.807, 2.05) is 6.92 Å². The van der Waals surface area contributed by atoms with Crippen molar-refractivity contribution >= 4 is 11.9 Å². The minimum absolute atomic E-state index is 0.0536. The third kappa shape index (κ3) is 2.35. The molecule has 2 rings (SSSR count). The molecule has 2 saturated heterocycles. The van der Waals surface area contributed by atoms with E-state index in [0.717, 1.165) is 6.42 Å². The lowest BCUT2D eigenvalue weighted by molar-refractivity contribution is -0.155. The Kier molecular flexibility index (Phi) is 3.87. The molecule has 18 heavy (non-hydrogen) atoms. The van der Waals surface area contributed by atoms with E-state index in [2.05, 4.69) is 0 Å². The highest BCUT2D eigenvalue weighted by atomic mass is 16.5. The van der Waals surface area contributed by atoms with E-state index in [4.69, 9.17) is 9.84 Å². The summed E-state index contributed by atoms with van der Waals surface area (Å²) in [6.07, 6.45) is 0.154. The number of ether oxygens (including phenoxy) is 1. The predicted molar refractivity (Wildman–Crippen MR) is 61.9 cm³/mol. The van der Waals surface area contributed by atoms with Gasteiger partial charge in [0.2, 0.25) is 0 Å². The molecule has 2 aliphatic heterocycles. The number of nitrogens with zero attached hydrogens (tertiary/aromatic N) is 1. The molecule has 6 nitrogen and oxygen atoms in total. The second-order valence-electron chi connectivity index (χ2n) is 5.08. The molecule has 4 atom stereocenters. The average Bonchev–Trinajstić information content (AvgIpc) is 2.94. The van der Waals surface area contributed by atoms with Crippen molar-refractivity contribution in [3.8, 4) is 0 Å². The number of aliphatic hydroxyl groups is 1. The molecule has 2 unspecified atom stereocenters. The standard InChI is InChI=1S/C12H19NO5/c1-7-4-5-13(8(7)6-14)11(15)9-2-3-10(18-9)12(16)17/h7-10,14H,2-6H2,1H3,(H,16,17)/t7?,8?,9-,10+/m0/s1. The van der Waals surface area contributed by atoms with Crippen molar-refractivity contribution in [2.24, 2.45) is 5.92 Å². The van der Waals surface area contributed by atoms with Gasteiger partial charge in [-0.1, -0.05) is 6.92 Å². The molecule has 2 N–H and O–H groups in total. The van der Waals surface area contributed by atoms with Gasteiger partial charge in [0.1, 0.15) is 6.10 Å². The highest BCUT2D eigenvalue weighted by Gasteiger charge is 2.41. The molecular formula is C12H19NO5. The van der Waals surface area contributed by atoms with E-state index < -0.39 is 18.2 Å². The summed E-state index contributed by atoms with van der Waals surface area (Å²) in [5.74, 6) is -0.920. The third-order valence-corrected chi connectivity index (χ3v) is 3.92. The van der Waals surface area contributed by atoms with Crippen LogP contribution in [0.15, 0.2) is 0 Å². The number of hydrogen-bond acceptors (Lipinski definition) is 4. The van der Waals surface area contributed by atoms with Gasteiger partial charge in [0.15, 0.2) is 6.10 Å². The molecule has 6 heteroatoms. The number of amides is 1. The summed E-state index contributed by atoms with van der Waals surface area (Å²) in [6.45, 7) is 2.56. The first-order valence-corrected chi connectivity index (χ1v) is 6.34. The van der Waals surface area contributed by atoms with Crippen LogP contribution in [0.5, 0.6) is 0 Å². The highest BCUT2D eigenvalue weighted by molar-refractivity contribution is 5.83. The Morgan fingerprint density at radius 2 is 1.94 bits per heavy atom. The van der Waals surface area contributed by atoms with Crippen LogP contribution < -0.4 is 0 Å². The Morgan fingerprint density at radius 1 is 1.28 bits per heavy atom. The number of carbonyl (C=O) groups is 2. The zero-order valence-corrected chi connectivity index (χ0v) is 10.4. The Balaban J connectivity index is 1.98. The average molecular weight is 257 g/mol. The fourth-order valence-electron chi connectivity index (χ4n) is 2.75. The van der Waals surface area contributed by atoms with Gasteiger partial charge in [-0.3, -0.25) is 4.79 Å². The van der Waals surface area contributed by atoms with Crippen LogP contribution in [0.3, 0.4) is 0 Å². The van der Waals surface area contributed by atoms with Gasteiger partial charge in [0, 0.05) is 6.54 Å². The summed E-state index contributed by atoms with van der Waals surface area (Å²) in [7, 11) is 0. The molecule has 2 fully saturated rings. The fraction of sp³-hybridized carbons (Fsp3) is 0.833. The molecule has 0 aromatic rings. The SMILES string of the molecule is CC1CCN(C(=O)[C@@H]2CC[C@H](C(=O)O)O2)C1CO. The second kappa shape index (κ2) is 5.24. The lowest BCUT2D eigenvalue weighted by Gasteiger charge is -2.27. The van der Waals surface area contributed by atoms with E-state index in [0.29, 0.717) is 19.4 Å². The summed E-state index contributed by atoms with van der Waals surface area (Å²) in [5.41, 5.74) is 0. The van der Waals surface area contributed by atoms with Crippen LogP contribution in [-0.2, 0) is 14.3 Å². The summed E-state index contributed by atoms with van der Waals surface area (Å²) in [6, 6.07) is -0.162. The zero-order valence-electron chi connectivity index (χ0n) is 10.4. The minimum Gasteiger partial charge on any atom is -0.479 e. The molecule has 0 saturated carbocycles. The van der Waals surface area contributed by atoms with E-state index in [1.165, 1.54) is 0 Å². The molecular weight excluding hydrogens is 238 g/mol. The van der Waals surface area contributed by atoms with Crippen LogP contribution >= 0.6 is 0 Å². The van der Waals surface area contributed by atoms with Crippen molar-refractivity contribution in [3.63, 3.8) is 0 Å². The molecule has 102 valence electrons. The van der Waals surface area contributed by atoms with E-state index in [9.17, 15) is 14.7 Å². The number of carboxylic acid groups (broad SMARTS) is 1. The normalized spacial score (nSPS) is 36.0. The van der Waals surface area contributed by atoms with Gasteiger partial charge >= 0.3 is 5.97 Å². The number of aliphatic hydroxyl groups excluding tert-OH is 1. The lowest BCUT2D eigenvalue weighted by atomic mass is 10.0. The molecule has 2 heterocycles. The van der Waals surface area contributed by atoms with Gasteiger partial charge in [0.05, 0.1) is 12.6 Å².